The summed E-state index contributed by atoms with van der Waals surface area (Å²) in [6.45, 7) is 2.55. The number of hydrogen-bond acceptors (Lipinski definition) is 2. The van der Waals surface area contributed by atoms with Gasteiger partial charge < -0.3 is 5.32 Å². The minimum atomic E-state index is -4.06. The van der Waals surface area contributed by atoms with Crippen molar-refractivity contribution in [3.63, 3.8) is 0 Å². The van der Waals surface area contributed by atoms with Crippen LogP contribution in [0.4, 0.5) is 13.2 Å². The Balaban J connectivity index is 2.29. The van der Waals surface area contributed by atoms with Crippen LogP contribution in [0, 0.1) is 5.92 Å². The van der Waals surface area contributed by atoms with Crippen molar-refractivity contribution in [2.45, 2.75) is 56.5 Å². The smallest absolute Gasteiger partial charge is 0.314 e. The highest BCUT2D eigenvalue weighted by Gasteiger charge is 2.41. The molecule has 1 aliphatic rings. The summed E-state index contributed by atoms with van der Waals surface area (Å²) in [7, 11) is -0.858. The Morgan fingerprint density at radius 2 is 2.06 bits per heavy atom. The standard InChI is InChI=1S/C12H22F3NOS/c1-9(18(2)17)6-7-16-11-5-3-4-10(8-11)12(13,14)15/h9-11,16H,3-8H2,1-2H3/t9-,10-,11-,18+/m1/s1. The highest BCUT2D eigenvalue weighted by atomic mass is 32.2. The molecule has 1 fully saturated rings. The minimum Gasteiger partial charge on any atom is -0.314 e. The number of nitrogens with one attached hydrogen (secondary N) is 1. The van der Waals surface area contributed by atoms with E-state index in [2.05, 4.69) is 5.32 Å². The van der Waals surface area contributed by atoms with Gasteiger partial charge in [-0.2, -0.15) is 13.2 Å². The van der Waals surface area contributed by atoms with E-state index in [1.807, 2.05) is 6.92 Å². The molecule has 0 aromatic carbocycles. The molecule has 0 aliphatic heterocycles. The third-order valence-corrected chi connectivity index (χ3v) is 5.06. The van der Waals surface area contributed by atoms with Crippen LogP contribution in [0.5, 0.6) is 0 Å². The fraction of sp³-hybridized carbons (Fsp3) is 1.00. The van der Waals surface area contributed by atoms with Crippen molar-refractivity contribution in [1.29, 1.82) is 0 Å². The van der Waals surface area contributed by atoms with Gasteiger partial charge >= 0.3 is 6.18 Å². The van der Waals surface area contributed by atoms with Crippen LogP contribution in [0.1, 0.15) is 39.0 Å². The van der Waals surface area contributed by atoms with Gasteiger partial charge in [0.05, 0.1) is 5.92 Å². The molecular formula is C12H22F3NOS. The summed E-state index contributed by atoms with van der Waals surface area (Å²) in [6, 6.07) is -0.0390. The summed E-state index contributed by atoms with van der Waals surface area (Å²) < 4.78 is 49.0. The molecule has 0 spiro atoms. The first kappa shape index (κ1) is 16.0. The van der Waals surface area contributed by atoms with E-state index in [1.165, 1.54) is 0 Å². The lowest BCUT2D eigenvalue weighted by molar-refractivity contribution is -0.183. The maximum Gasteiger partial charge on any atom is 0.391 e. The SMILES string of the molecule is C[C@H](CCN[C@@H]1CCC[C@@H](C(F)(F)F)C1)[S@](C)=O. The molecule has 0 amide bonds. The maximum atomic E-state index is 12.6. The summed E-state index contributed by atoms with van der Waals surface area (Å²) in [5, 5.41) is 3.27. The van der Waals surface area contributed by atoms with Crippen LogP contribution in [0.25, 0.3) is 0 Å². The van der Waals surface area contributed by atoms with Crippen LogP contribution in [-0.2, 0) is 10.8 Å². The molecular weight excluding hydrogens is 263 g/mol. The Labute approximate surface area is 109 Å². The molecule has 1 rings (SSSR count). The predicted octanol–water partition coefficient (Wildman–Crippen LogP) is 2.85. The zero-order valence-electron chi connectivity index (χ0n) is 10.9. The van der Waals surface area contributed by atoms with Gasteiger partial charge in [0, 0.05) is 28.3 Å². The maximum absolute atomic E-state index is 12.6. The summed E-state index contributed by atoms with van der Waals surface area (Å²) in [5.74, 6) is -1.15. The average molecular weight is 285 g/mol. The highest BCUT2D eigenvalue weighted by Crippen LogP contribution is 2.37. The van der Waals surface area contributed by atoms with Crippen molar-refractivity contribution in [3.8, 4) is 0 Å². The van der Waals surface area contributed by atoms with Crippen LogP contribution in [0.2, 0.25) is 0 Å². The van der Waals surface area contributed by atoms with Gasteiger partial charge in [-0.1, -0.05) is 13.3 Å². The lowest BCUT2D eigenvalue weighted by Crippen LogP contribution is -2.39. The largest absolute Gasteiger partial charge is 0.391 e. The monoisotopic (exact) mass is 285 g/mol. The van der Waals surface area contributed by atoms with Crippen molar-refractivity contribution in [1.82, 2.24) is 5.32 Å². The van der Waals surface area contributed by atoms with E-state index in [9.17, 15) is 17.4 Å². The van der Waals surface area contributed by atoms with Gasteiger partial charge in [-0.15, -0.1) is 0 Å². The highest BCUT2D eigenvalue weighted by molar-refractivity contribution is 7.84. The predicted molar refractivity (Wildman–Crippen MR) is 67.9 cm³/mol. The quantitative estimate of drug-likeness (QED) is 0.841. The first-order valence-corrected chi connectivity index (χ1v) is 8.05. The molecule has 18 heavy (non-hydrogen) atoms. The van der Waals surface area contributed by atoms with E-state index in [4.69, 9.17) is 0 Å². The number of rotatable bonds is 5. The molecule has 1 saturated carbocycles. The molecule has 0 radical (unpaired) electrons. The van der Waals surface area contributed by atoms with Crippen LogP contribution >= 0.6 is 0 Å². The molecule has 0 unspecified atom stereocenters. The number of hydrogen-bond donors (Lipinski definition) is 1. The first-order valence-electron chi connectivity index (χ1n) is 6.43. The average Bonchev–Trinajstić information content (AvgIpc) is 2.28. The van der Waals surface area contributed by atoms with Crippen LogP contribution < -0.4 is 5.32 Å². The topological polar surface area (TPSA) is 29.1 Å². The van der Waals surface area contributed by atoms with Crippen molar-refractivity contribution < 1.29 is 17.4 Å². The molecule has 4 atom stereocenters. The van der Waals surface area contributed by atoms with Crippen LogP contribution in [0.3, 0.4) is 0 Å². The van der Waals surface area contributed by atoms with Gasteiger partial charge in [0.25, 0.3) is 0 Å². The Hall–Kier alpha value is -0.100. The van der Waals surface area contributed by atoms with E-state index in [1.54, 1.807) is 6.26 Å². The van der Waals surface area contributed by atoms with Gasteiger partial charge in [-0.05, 0) is 32.2 Å². The number of alkyl halides is 3. The summed E-state index contributed by atoms with van der Waals surface area (Å²) in [6.07, 6.45) is 0.247. The van der Waals surface area contributed by atoms with Crippen LogP contribution in [0.15, 0.2) is 0 Å². The Kier molecular flexibility index (Phi) is 6.11. The molecule has 108 valence electrons. The van der Waals surface area contributed by atoms with Crippen molar-refractivity contribution in [3.05, 3.63) is 0 Å². The molecule has 0 saturated heterocycles. The van der Waals surface area contributed by atoms with E-state index >= 15 is 0 Å². The molecule has 0 aromatic heterocycles. The van der Waals surface area contributed by atoms with E-state index in [-0.39, 0.29) is 24.1 Å². The molecule has 1 aliphatic carbocycles. The Morgan fingerprint density at radius 3 is 2.61 bits per heavy atom. The van der Waals surface area contributed by atoms with Gasteiger partial charge in [-0.3, -0.25) is 4.21 Å². The minimum absolute atomic E-state index is 0.0390. The summed E-state index contributed by atoms with van der Waals surface area (Å²) in [5.41, 5.74) is 0. The van der Waals surface area contributed by atoms with Crippen LogP contribution in [-0.4, -0.2) is 34.5 Å². The lowest BCUT2D eigenvalue weighted by Gasteiger charge is -2.31. The Morgan fingerprint density at radius 1 is 1.39 bits per heavy atom. The van der Waals surface area contributed by atoms with E-state index < -0.39 is 22.9 Å². The van der Waals surface area contributed by atoms with Crippen molar-refractivity contribution >= 4 is 10.8 Å². The fourth-order valence-electron chi connectivity index (χ4n) is 2.33. The second-order valence-electron chi connectivity index (χ2n) is 5.15. The third-order valence-electron chi connectivity index (χ3n) is 3.69. The zero-order valence-corrected chi connectivity index (χ0v) is 11.7. The zero-order chi connectivity index (χ0) is 13.8. The van der Waals surface area contributed by atoms with Gasteiger partial charge in [0.2, 0.25) is 0 Å². The van der Waals surface area contributed by atoms with Gasteiger partial charge in [-0.25, -0.2) is 0 Å². The molecule has 0 aromatic rings. The molecule has 1 N–H and O–H groups in total. The fourth-order valence-corrected chi connectivity index (χ4v) is 2.78. The van der Waals surface area contributed by atoms with E-state index in [0.717, 1.165) is 12.8 Å². The molecule has 0 heterocycles. The second kappa shape index (κ2) is 6.89. The molecule has 0 bridgehead atoms. The second-order valence-corrected chi connectivity index (χ2v) is 6.96. The first-order chi connectivity index (χ1) is 8.30. The van der Waals surface area contributed by atoms with Crippen molar-refractivity contribution in [2.75, 3.05) is 12.8 Å². The van der Waals surface area contributed by atoms with Gasteiger partial charge in [0.1, 0.15) is 0 Å². The van der Waals surface area contributed by atoms with Crippen molar-refractivity contribution in [2.24, 2.45) is 5.92 Å². The summed E-state index contributed by atoms with van der Waals surface area (Å²) >= 11 is 0. The summed E-state index contributed by atoms with van der Waals surface area (Å²) in [4.78, 5) is 0. The normalized spacial score (nSPS) is 28.9. The van der Waals surface area contributed by atoms with E-state index in [0.29, 0.717) is 13.0 Å². The van der Waals surface area contributed by atoms with Gasteiger partial charge in [0.15, 0.2) is 0 Å². The molecule has 2 nitrogen and oxygen atoms in total. The Bertz CT molecular complexity index is 283. The number of halogens is 3. The molecule has 6 heteroatoms. The third kappa shape index (κ3) is 5.26. The lowest BCUT2D eigenvalue weighted by atomic mass is 9.85.